The summed E-state index contributed by atoms with van der Waals surface area (Å²) in [4.78, 5) is 13.6. The summed E-state index contributed by atoms with van der Waals surface area (Å²) in [7, 11) is 1.62. The average Bonchev–Trinajstić information content (AvgIpc) is 2.37. The maximum Gasteiger partial charge on any atom is 0.242 e. The Kier molecular flexibility index (Phi) is 4.43. The number of carbonyl (C=O) groups is 1. The van der Waals surface area contributed by atoms with Crippen LogP contribution in [0.2, 0.25) is 0 Å². The van der Waals surface area contributed by atoms with Crippen molar-refractivity contribution in [2.75, 3.05) is 7.05 Å². The fourth-order valence-corrected chi connectivity index (χ4v) is 1.68. The molecule has 0 aliphatic heterocycles. The lowest BCUT2D eigenvalue weighted by Crippen LogP contribution is -2.38. The molecule has 4 heteroatoms. The molecular formula is C14H17FN2O. The maximum atomic E-state index is 13.0. The van der Waals surface area contributed by atoms with E-state index in [1.54, 1.807) is 33.0 Å². The van der Waals surface area contributed by atoms with Gasteiger partial charge in [-0.25, -0.2) is 4.39 Å². The second-order valence-electron chi connectivity index (χ2n) is 4.59. The molecule has 0 heterocycles. The zero-order valence-corrected chi connectivity index (χ0v) is 10.9. The van der Waals surface area contributed by atoms with E-state index < -0.39 is 5.41 Å². The Morgan fingerprint density at radius 1 is 1.56 bits per heavy atom. The fourth-order valence-electron chi connectivity index (χ4n) is 1.68. The Hall–Kier alpha value is -1.89. The van der Waals surface area contributed by atoms with Gasteiger partial charge in [-0.15, -0.1) is 0 Å². The monoisotopic (exact) mass is 248 g/mol. The Bertz CT molecular complexity index is 481. The number of hydrogen-bond donors (Lipinski definition) is 0. The molecule has 0 saturated carbocycles. The first-order valence-electron chi connectivity index (χ1n) is 5.84. The molecule has 1 atom stereocenters. The minimum absolute atomic E-state index is 0.239. The van der Waals surface area contributed by atoms with Gasteiger partial charge in [0.15, 0.2) is 0 Å². The summed E-state index contributed by atoms with van der Waals surface area (Å²) in [5.74, 6) is -0.566. The van der Waals surface area contributed by atoms with Crippen molar-refractivity contribution in [3.8, 4) is 6.07 Å². The van der Waals surface area contributed by atoms with Crippen molar-refractivity contribution < 1.29 is 9.18 Å². The Labute approximate surface area is 107 Å². The van der Waals surface area contributed by atoms with Gasteiger partial charge in [0.05, 0.1) is 6.07 Å². The topological polar surface area (TPSA) is 44.1 Å². The standard InChI is InChI=1S/C14H17FN2O/c1-4-14(2,10-16)13(18)17(3)9-11-6-5-7-12(15)8-11/h5-8H,4,9H2,1-3H3. The highest BCUT2D eigenvalue weighted by molar-refractivity contribution is 5.84. The van der Waals surface area contributed by atoms with E-state index in [-0.39, 0.29) is 11.7 Å². The SMILES string of the molecule is CCC(C)(C#N)C(=O)N(C)Cc1cccc(F)c1. The van der Waals surface area contributed by atoms with Gasteiger partial charge in [-0.3, -0.25) is 4.79 Å². The van der Waals surface area contributed by atoms with E-state index in [0.29, 0.717) is 18.5 Å². The number of benzene rings is 1. The summed E-state index contributed by atoms with van der Waals surface area (Å²) in [6.07, 6.45) is 0.454. The number of nitrogens with zero attached hydrogens (tertiary/aromatic N) is 2. The van der Waals surface area contributed by atoms with Gasteiger partial charge in [-0.05, 0) is 31.0 Å². The normalized spacial score (nSPS) is 13.5. The van der Waals surface area contributed by atoms with Crippen molar-refractivity contribution in [3.63, 3.8) is 0 Å². The number of carbonyl (C=O) groups excluding carboxylic acids is 1. The second-order valence-corrected chi connectivity index (χ2v) is 4.59. The van der Waals surface area contributed by atoms with Crippen LogP contribution in [-0.2, 0) is 11.3 Å². The molecule has 3 nitrogen and oxygen atoms in total. The molecular weight excluding hydrogens is 231 g/mol. The van der Waals surface area contributed by atoms with Gasteiger partial charge in [-0.1, -0.05) is 19.1 Å². The fraction of sp³-hybridized carbons (Fsp3) is 0.429. The highest BCUT2D eigenvalue weighted by atomic mass is 19.1. The van der Waals surface area contributed by atoms with Gasteiger partial charge >= 0.3 is 0 Å². The number of halogens is 1. The molecule has 0 bridgehead atoms. The molecule has 1 aromatic rings. The van der Waals surface area contributed by atoms with E-state index in [1.165, 1.54) is 17.0 Å². The molecule has 1 aromatic carbocycles. The molecule has 0 aromatic heterocycles. The summed E-state index contributed by atoms with van der Waals surface area (Å²) < 4.78 is 13.0. The van der Waals surface area contributed by atoms with Crippen LogP contribution in [0.5, 0.6) is 0 Å². The Balaban J connectivity index is 2.81. The van der Waals surface area contributed by atoms with Crippen molar-refractivity contribution in [3.05, 3.63) is 35.6 Å². The minimum Gasteiger partial charge on any atom is -0.340 e. The van der Waals surface area contributed by atoms with Crippen LogP contribution in [0.25, 0.3) is 0 Å². The van der Waals surface area contributed by atoms with Gasteiger partial charge in [0.1, 0.15) is 11.2 Å². The first kappa shape index (κ1) is 14.2. The van der Waals surface area contributed by atoms with Crippen molar-refractivity contribution in [1.29, 1.82) is 5.26 Å². The number of nitriles is 1. The summed E-state index contributed by atoms with van der Waals surface area (Å²) in [5, 5.41) is 9.06. The minimum atomic E-state index is -1.01. The van der Waals surface area contributed by atoms with Crippen LogP contribution in [0.1, 0.15) is 25.8 Å². The van der Waals surface area contributed by atoms with Crippen LogP contribution in [0.4, 0.5) is 4.39 Å². The molecule has 96 valence electrons. The molecule has 1 amide bonds. The van der Waals surface area contributed by atoms with Crippen LogP contribution < -0.4 is 0 Å². The molecule has 0 radical (unpaired) electrons. The van der Waals surface area contributed by atoms with Gasteiger partial charge in [-0.2, -0.15) is 5.26 Å². The van der Waals surface area contributed by atoms with Crippen LogP contribution in [0.15, 0.2) is 24.3 Å². The second kappa shape index (κ2) is 5.63. The first-order valence-corrected chi connectivity index (χ1v) is 5.84. The molecule has 0 spiro atoms. The molecule has 0 N–H and O–H groups in total. The van der Waals surface area contributed by atoms with Gasteiger partial charge in [0.2, 0.25) is 5.91 Å². The van der Waals surface area contributed by atoms with Gasteiger partial charge < -0.3 is 4.90 Å². The molecule has 0 aliphatic carbocycles. The Morgan fingerprint density at radius 3 is 2.72 bits per heavy atom. The van der Waals surface area contributed by atoms with Crippen molar-refractivity contribution in [2.45, 2.75) is 26.8 Å². The molecule has 0 aliphatic rings. The molecule has 1 unspecified atom stereocenters. The van der Waals surface area contributed by atoms with Gasteiger partial charge in [0.25, 0.3) is 0 Å². The molecule has 0 saturated heterocycles. The van der Waals surface area contributed by atoms with E-state index in [1.807, 2.05) is 6.07 Å². The summed E-state index contributed by atoms with van der Waals surface area (Å²) in [6, 6.07) is 8.14. The number of rotatable bonds is 4. The van der Waals surface area contributed by atoms with E-state index in [2.05, 4.69) is 0 Å². The Morgan fingerprint density at radius 2 is 2.22 bits per heavy atom. The summed E-state index contributed by atoms with van der Waals surface area (Å²) in [5.41, 5.74) is -0.301. The third-order valence-electron chi connectivity index (χ3n) is 3.08. The van der Waals surface area contributed by atoms with Crippen molar-refractivity contribution in [2.24, 2.45) is 5.41 Å². The lowest BCUT2D eigenvalue weighted by molar-refractivity contribution is -0.137. The molecule has 0 fully saturated rings. The largest absolute Gasteiger partial charge is 0.340 e. The van der Waals surface area contributed by atoms with E-state index in [4.69, 9.17) is 5.26 Å². The third kappa shape index (κ3) is 3.07. The summed E-state index contributed by atoms with van der Waals surface area (Å²) >= 11 is 0. The smallest absolute Gasteiger partial charge is 0.242 e. The lowest BCUT2D eigenvalue weighted by atomic mass is 9.88. The average molecular weight is 248 g/mol. The van der Waals surface area contributed by atoms with E-state index >= 15 is 0 Å². The summed E-state index contributed by atoms with van der Waals surface area (Å²) in [6.45, 7) is 3.72. The zero-order chi connectivity index (χ0) is 13.8. The molecule has 1 rings (SSSR count). The first-order chi connectivity index (χ1) is 8.42. The zero-order valence-electron chi connectivity index (χ0n) is 10.9. The third-order valence-corrected chi connectivity index (χ3v) is 3.08. The highest BCUT2D eigenvalue weighted by Crippen LogP contribution is 2.23. The van der Waals surface area contributed by atoms with E-state index in [0.717, 1.165) is 0 Å². The van der Waals surface area contributed by atoms with Crippen LogP contribution in [-0.4, -0.2) is 17.9 Å². The van der Waals surface area contributed by atoms with Crippen molar-refractivity contribution in [1.82, 2.24) is 4.90 Å². The lowest BCUT2D eigenvalue weighted by Gasteiger charge is -2.26. The van der Waals surface area contributed by atoms with Crippen LogP contribution in [0, 0.1) is 22.6 Å². The van der Waals surface area contributed by atoms with Gasteiger partial charge in [0, 0.05) is 13.6 Å². The quantitative estimate of drug-likeness (QED) is 0.822. The maximum absolute atomic E-state index is 13.0. The predicted octanol–water partition coefficient (Wildman–Crippen LogP) is 2.72. The molecule has 18 heavy (non-hydrogen) atoms. The van der Waals surface area contributed by atoms with Crippen molar-refractivity contribution >= 4 is 5.91 Å². The van der Waals surface area contributed by atoms with Crippen LogP contribution in [0.3, 0.4) is 0 Å². The number of hydrogen-bond acceptors (Lipinski definition) is 2. The predicted molar refractivity (Wildman–Crippen MR) is 66.9 cm³/mol. The highest BCUT2D eigenvalue weighted by Gasteiger charge is 2.33. The van der Waals surface area contributed by atoms with Crippen LogP contribution >= 0.6 is 0 Å². The number of amides is 1. The van der Waals surface area contributed by atoms with E-state index in [9.17, 15) is 9.18 Å².